The van der Waals surface area contributed by atoms with E-state index in [2.05, 4.69) is 11.4 Å². The van der Waals surface area contributed by atoms with Crippen LogP contribution >= 0.6 is 0 Å². The summed E-state index contributed by atoms with van der Waals surface area (Å²) in [6.07, 6.45) is 6.37. The molecule has 2 rings (SSSR count). The van der Waals surface area contributed by atoms with E-state index in [1.54, 1.807) is 24.3 Å². The number of rotatable bonds is 4. The van der Waals surface area contributed by atoms with Crippen LogP contribution in [0, 0.1) is 5.92 Å². The monoisotopic (exact) mass is 259 g/mol. The predicted molar refractivity (Wildman–Crippen MR) is 71.4 cm³/mol. The number of carboxylic acids is 1. The van der Waals surface area contributed by atoms with Crippen molar-refractivity contribution in [3.8, 4) is 0 Å². The highest BCUT2D eigenvalue weighted by molar-refractivity contribution is 5.86. The number of amides is 1. The number of benzene rings is 1. The maximum absolute atomic E-state index is 12.1. The number of aliphatic carboxylic acids is 1. The van der Waals surface area contributed by atoms with Gasteiger partial charge in [0, 0.05) is 5.92 Å². The van der Waals surface area contributed by atoms with Crippen LogP contribution in [-0.4, -0.2) is 17.0 Å². The second kappa shape index (κ2) is 6.18. The summed E-state index contributed by atoms with van der Waals surface area (Å²) in [7, 11) is 0. The Morgan fingerprint density at radius 1 is 1.21 bits per heavy atom. The minimum atomic E-state index is -1.04. The van der Waals surface area contributed by atoms with Crippen molar-refractivity contribution in [2.24, 2.45) is 5.92 Å². The highest BCUT2D eigenvalue weighted by Gasteiger charge is 2.26. The fourth-order valence-corrected chi connectivity index (χ4v) is 2.22. The first kappa shape index (κ1) is 13.3. The fraction of sp³-hybridized carbons (Fsp3) is 0.333. The van der Waals surface area contributed by atoms with Gasteiger partial charge in [-0.05, 0) is 24.8 Å². The molecule has 0 aromatic heterocycles. The van der Waals surface area contributed by atoms with Gasteiger partial charge in [-0.1, -0.05) is 42.5 Å². The van der Waals surface area contributed by atoms with Crippen molar-refractivity contribution in [2.45, 2.75) is 25.3 Å². The SMILES string of the molecule is O=C(N[C@H](C(=O)O)c1ccccc1)C1CC=CCC1. The van der Waals surface area contributed by atoms with Crippen molar-refractivity contribution in [1.82, 2.24) is 5.32 Å². The van der Waals surface area contributed by atoms with Crippen molar-refractivity contribution in [3.63, 3.8) is 0 Å². The van der Waals surface area contributed by atoms with E-state index in [9.17, 15) is 14.7 Å². The van der Waals surface area contributed by atoms with Crippen molar-refractivity contribution in [2.75, 3.05) is 0 Å². The number of nitrogens with one attached hydrogen (secondary N) is 1. The molecular weight excluding hydrogens is 242 g/mol. The lowest BCUT2D eigenvalue weighted by Gasteiger charge is -2.21. The molecule has 4 heteroatoms. The molecule has 2 N–H and O–H groups in total. The molecule has 0 saturated carbocycles. The molecule has 0 heterocycles. The minimum Gasteiger partial charge on any atom is -0.479 e. The molecule has 1 aliphatic rings. The van der Waals surface area contributed by atoms with E-state index in [4.69, 9.17) is 0 Å². The van der Waals surface area contributed by atoms with Gasteiger partial charge in [0.15, 0.2) is 6.04 Å². The lowest BCUT2D eigenvalue weighted by Crippen LogP contribution is -2.38. The zero-order chi connectivity index (χ0) is 13.7. The molecule has 1 unspecified atom stereocenters. The maximum atomic E-state index is 12.1. The van der Waals surface area contributed by atoms with Gasteiger partial charge in [-0.15, -0.1) is 0 Å². The zero-order valence-corrected chi connectivity index (χ0v) is 10.6. The van der Waals surface area contributed by atoms with Gasteiger partial charge >= 0.3 is 5.97 Å². The topological polar surface area (TPSA) is 66.4 Å². The van der Waals surface area contributed by atoms with Gasteiger partial charge in [0.25, 0.3) is 0 Å². The molecule has 0 fully saturated rings. The van der Waals surface area contributed by atoms with Crippen molar-refractivity contribution in [3.05, 3.63) is 48.0 Å². The van der Waals surface area contributed by atoms with Crippen LogP contribution in [-0.2, 0) is 9.59 Å². The summed E-state index contributed by atoms with van der Waals surface area (Å²) in [5.74, 6) is -1.33. The summed E-state index contributed by atoms with van der Waals surface area (Å²) < 4.78 is 0. The Bertz CT molecular complexity index is 481. The largest absolute Gasteiger partial charge is 0.479 e. The molecule has 100 valence electrons. The molecule has 0 bridgehead atoms. The van der Waals surface area contributed by atoms with Crippen molar-refractivity contribution >= 4 is 11.9 Å². The first-order valence-electron chi connectivity index (χ1n) is 6.41. The summed E-state index contributed by atoms with van der Waals surface area (Å²) in [6.45, 7) is 0. The van der Waals surface area contributed by atoms with E-state index in [-0.39, 0.29) is 11.8 Å². The zero-order valence-electron chi connectivity index (χ0n) is 10.6. The summed E-state index contributed by atoms with van der Waals surface area (Å²) in [5, 5.41) is 11.9. The van der Waals surface area contributed by atoms with Crippen LogP contribution in [0.2, 0.25) is 0 Å². The number of carboxylic acid groups (broad SMARTS) is 1. The third-order valence-electron chi connectivity index (χ3n) is 3.31. The number of carbonyl (C=O) groups excluding carboxylic acids is 1. The third kappa shape index (κ3) is 3.44. The second-order valence-corrected chi connectivity index (χ2v) is 4.67. The van der Waals surface area contributed by atoms with Crippen LogP contribution in [0.5, 0.6) is 0 Å². The lowest BCUT2D eigenvalue weighted by molar-refractivity contribution is -0.142. The summed E-state index contributed by atoms with van der Waals surface area (Å²) >= 11 is 0. The second-order valence-electron chi connectivity index (χ2n) is 4.67. The fourth-order valence-electron chi connectivity index (χ4n) is 2.22. The summed E-state index contributed by atoms with van der Waals surface area (Å²) in [5.41, 5.74) is 0.592. The van der Waals surface area contributed by atoms with Gasteiger partial charge in [-0.3, -0.25) is 4.79 Å². The van der Waals surface area contributed by atoms with Crippen molar-refractivity contribution < 1.29 is 14.7 Å². The molecule has 1 aromatic carbocycles. The molecule has 19 heavy (non-hydrogen) atoms. The maximum Gasteiger partial charge on any atom is 0.330 e. The van der Waals surface area contributed by atoms with E-state index in [1.807, 2.05) is 12.1 Å². The minimum absolute atomic E-state index is 0.115. The smallest absolute Gasteiger partial charge is 0.330 e. The molecule has 0 aliphatic heterocycles. The average molecular weight is 259 g/mol. The molecule has 1 aliphatic carbocycles. The molecule has 1 aromatic rings. The van der Waals surface area contributed by atoms with Crippen LogP contribution in [0.3, 0.4) is 0 Å². The van der Waals surface area contributed by atoms with Gasteiger partial charge in [-0.25, -0.2) is 4.79 Å². The highest BCUT2D eigenvalue weighted by Crippen LogP contribution is 2.20. The Kier molecular flexibility index (Phi) is 4.34. The summed E-state index contributed by atoms with van der Waals surface area (Å²) in [4.78, 5) is 23.4. The van der Waals surface area contributed by atoms with Gasteiger partial charge in [0.2, 0.25) is 5.91 Å². The van der Waals surface area contributed by atoms with E-state index in [1.165, 1.54) is 0 Å². The number of allylic oxidation sites excluding steroid dienone is 2. The van der Waals surface area contributed by atoms with Crippen LogP contribution in [0.15, 0.2) is 42.5 Å². The quantitative estimate of drug-likeness (QED) is 0.815. The Morgan fingerprint density at radius 3 is 2.53 bits per heavy atom. The number of hydrogen-bond donors (Lipinski definition) is 2. The van der Waals surface area contributed by atoms with Crippen LogP contribution in [0.4, 0.5) is 0 Å². The van der Waals surface area contributed by atoms with E-state index in [0.29, 0.717) is 12.0 Å². The average Bonchev–Trinajstić information content (AvgIpc) is 2.46. The van der Waals surface area contributed by atoms with Crippen LogP contribution < -0.4 is 5.32 Å². The predicted octanol–water partition coefficient (Wildman–Crippen LogP) is 2.28. The number of hydrogen-bond acceptors (Lipinski definition) is 2. The Morgan fingerprint density at radius 2 is 1.95 bits per heavy atom. The summed E-state index contributed by atoms with van der Waals surface area (Å²) in [6, 6.07) is 7.79. The van der Waals surface area contributed by atoms with Gasteiger partial charge in [-0.2, -0.15) is 0 Å². The van der Waals surface area contributed by atoms with Crippen LogP contribution in [0.25, 0.3) is 0 Å². The first-order valence-corrected chi connectivity index (χ1v) is 6.41. The highest BCUT2D eigenvalue weighted by atomic mass is 16.4. The molecule has 0 spiro atoms. The van der Waals surface area contributed by atoms with E-state index in [0.717, 1.165) is 12.8 Å². The van der Waals surface area contributed by atoms with Gasteiger partial charge < -0.3 is 10.4 Å². The van der Waals surface area contributed by atoms with Crippen molar-refractivity contribution in [1.29, 1.82) is 0 Å². The van der Waals surface area contributed by atoms with Gasteiger partial charge in [0.1, 0.15) is 0 Å². The first-order chi connectivity index (χ1) is 9.18. The lowest BCUT2D eigenvalue weighted by atomic mass is 9.93. The normalized spacial score (nSPS) is 19.7. The molecule has 0 saturated heterocycles. The van der Waals surface area contributed by atoms with Crippen LogP contribution in [0.1, 0.15) is 30.9 Å². The third-order valence-corrected chi connectivity index (χ3v) is 3.31. The van der Waals surface area contributed by atoms with E-state index < -0.39 is 12.0 Å². The molecule has 0 radical (unpaired) electrons. The molecular formula is C15H17NO3. The molecule has 1 amide bonds. The Hall–Kier alpha value is -2.10. The Balaban J connectivity index is 2.07. The molecule has 2 atom stereocenters. The van der Waals surface area contributed by atoms with Gasteiger partial charge in [0.05, 0.1) is 0 Å². The standard InChI is InChI=1S/C15H17NO3/c17-14(12-9-5-2-6-10-12)16-13(15(18)19)11-7-3-1-4-8-11/h1-5,7-8,12-13H,6,9-10H2,(H,16,17)(H,18,19)/t12?,13-/m0/s1. The van der Waals surface area contributed by atoms with E-state index >= 15 is 0 Å². The molecule has 4 nitrogen and oxygen atoms in total. The Labute approximate surface area is 112 Å². The number of carbonyl (C=O) groups is 2.